The molecule has 0 spiro atoms. The number of nitrogens with one attached hydrogen (secondary N) is 1. The van der Waals surface area contributed by atoms with Crippen LogP contribution in [0.25, 0.3) is 17.4 Å². The van der Waals surface area contributed by atoms with E-state index in [0.29, 0.717) is 21.6 Å². The molecule has 0 aliphatic carbocycles. The van der Waals surface area contributed by atoms with Gasteiger partial charge in [0.15, 0.2) is 0 Å². The molecule has 0 aliphatic rings. The monoisotopic (exact) mass is 385 g/mol. The molecule has 132 valence electrons. The molecule has 1 heterocycles. The lowest BCUT2D eigenvalue weighted by atomic mass is 10.1. The molecule has 2 aromatic carbocycles. The lowest BCUT2D eigenvalue weighted by molar-refractivity contribution is -0.111. The molecule has 1 N–H and O–H groups in total. The molecule has 5 heteroatoms. The first-order valence-corrected chi connectivity index (χ1v) is 8.79. The first-order chi connectivity index (χ1) is 12.4. The summed E-state index contributed by atoms with van der Waals surface area (Å²) in [5.74, 6) is 0.975. The van der Waals surface area contributed by atoms with Crippen LogP contribution in [0.4, 0.5) is 5.69 Å². The van der Waals surface area contributed by atoms with Gasteiger partial charge < -0.3 is 9.73 Å². The topological polar surface area (TPSA) is 42.2 Å². The zero-order valence-corrected chi connectivity index (χ0v) is 15.9. The second-order valence-corrected chi connectivity index (χ2v) is 6.82. The summed E-state index contributed by atoms with van der Waals surface area (Å²) in [7, 11) is 0. The Morgan fingerprint density at radius 3 is 2.31 bits per heavy atom. The third kappa shape index (κ3) is 4.37. The van der Waals surface area contributed by atoms with E-state index in [1.807, 2.05) is 38.1 Å². The number of hydrogen-bond acceptors (Lipinski definition) is 2. The van der Waals surface area contributed by atoms with Crippen LogP contribution in [0.1, 0.15) is 16.9 Å². The minimum Gasteiger partial charge on any atom is -0.457 e. The van der Waals surface area contributed by atoms with Gasteiger partial charge in [0.25, 0.3) is 0 Å². The van der Waals surface area contributed by atoms with E-state index in [4.69, 9.17) is 27.6 Å². The van der Waals surface area contributed by atoms with Gasteiger partial charge in [-0.25, -0.2) is 0 Å². The summed E-state index contributed by atoms with van der Waals surface area (Å²) in [6.07, 6.45) is 3.07. The van der Waals surface area contributed by atoms with Gasteiger partial charge in [0, 0.05) is 27.4 Å². The highest BCUT2D eigenvalue weighted by molar-refractivity contribution is 6.35. The Bertz CT molecular complexity index is 949. The van der Waals surface area contributed by atoms with Crippen molar-refractivity contribution >= 4 is 40.9 Å². The van der Waals surface area contributed by atoms with Gasteiger partial charge in [-0.05, 0) is 61.4 Å². The van der Waals surface area contributed by atoms with Crippen molar-refractivity contribution in [2.45, 2.75) is 13.8 Å². The molecule has 0 atom stereocenters. The number of amides is 1. The first-order valence-electron chi connectivity index (χ1n) is 8.04. The molecule has 3 nitrogen and oxygen atoms in total. The van der Waals surface area contributed by atoms with E-state index in [1.165, 1.54) is 6.08 Å². The van der Waals surface area contributed by atoms with Gasteiger partial charge in [0.05, 0.1) is 0 Å². The van der Waals surface area contributed by atoms with Crippen molar-refractivity contribution in [2.24, 2.45) is 0 Å². The van der Waals surface area contributed by atoms with Gasteiger partial charge >= 0.3 is 0 Å². The third-order valence-corrected chi connectivity index (χ3v) is 4.34. The molecule has 1 aromatic heterocycles. The van der Waals surface area contributed by atoms with Crippen molar-refractivity contribution in [2.75, 3.05) is 5.32 Å². The van der Waals surface area contributed by atoms with Crippen LogP contribution < -0.4 is 5.32 Å². The molecule has 1 amide bonds. The maximum Gasteiger partial charge on any atom is 0.248 e. The molecule has 26 heavy (non-hydrogen) atoms. The molecular weight excluding hydrogens is 369 g/mol. The summed E-state index contributed by atoms with van der Waals surface area (Å²) in [6.45, 7) is 3.92. The number of halogens is 2. The van der Waals surface area contributed by atoms with Crippen LogP contribution in [-0.4, -0.2) is 5.91 Å². The third-order valence-electron chi connectivity index (χ3n) is 3.90. The maximum absolute atomic E-state index is 12.2. The molecule has 0 unspecified atom stereocenters. The van der Waals surface area contributed by atoms with E-state index in [2.05, 4.69) is 5.32 Å². The highest BCUT2D eigenvalue weighted by Crippen LogP contribution is 2.29. The number of benzene rings is 2. The first kappa shape index (κ1) is 18.3. The van der Waals surface area contributed by atoms with Gasteiger partial charge in [-0.2, -0.15) is 0 Å². The predicted octanol–water partition coefficient (Wildman–Crippen LogP) is 6.52. The summed E-state index contributed by atoms with van der Waals surface area (Å²) < 4.78 is 5.74. The fraction of sp³-hybridized carbons (Fsp3) is 0.0952. The van der Waals surface area contributed by atoms with Gasteiger partial charge in [-0.3, -0.25) is 4.79 Å². The van der Waals surface area contributed by atoms with Crippen LogP contribution >= 0.6 is 23.2 Å². The lowest BCUT2D eigenvalue weighted by Gasteiger charge is -2.09. The summed E-state index contributed by atoms with van der Waals surface area (Å²) >= 11 is 12.0. The average Bonchev–Trinajstić information content (AvgIpc) is 3.05. The van der Waals surface area contributed by atoms with E-state index in [0.717, 1.165) is 22.4 Å². The number of para-hydroxylation sites is 1. The number of aryl methyl sites for hydroxylation is 2. The summed E-state index contributed by atoms with van der Waals surface area (Å²) in [5, 5.41) is 3.97. The molecule has 0 radical (unpaired) electrons. The number of rotatable bonds is 4. The summed E-state index contributed by atoms with van der Waals surface area (Å²) in [5.41, 5.74) is 3.65. The van der Waals surface area contributed by atoms with Crippen LogP contribution in [0.15, 0.2) is 59.0 Å². The van der Waals surface area contributed by atoms with Crippen molar-refractivity contribution < 1.29 is 9.21 Å². The molecule has 3 rings (SSSR count). The fourth-order valence-electron chi connectivity index (χ4n) is 2.63. The zero-order chi connectivity index (χ0) is 18.7. The van der Waals surface area contributed by atoms with Crippen LogP contribution in [0, 0.1) is 13.8 Å². The SMILES string of the molecule is Cc1cccc(C)c1NC(=O)/C=C/c1ccc(-c2cc(Cl)cc(Cl)c2)o1. The van der Waals surface area contributed by atoms with Crippen molar-refractivity contribution in [3.63, 3.8) is 0 Å². The van der Waals surface area contributed by atoms with E-state index < -0.39 is 0 Å². The fourth-order valence-corrected chi connectivity index (χ4v) is 3.15. The number of hydrogen-bond donors (Lipinski definition) is 1. The molecular formula is C21H17Cl2NO2. The Labute approximate surface area is 162 Å². The zero-order valence-electron chi connectivity index (χ0n) is 14.3. The molecule has 0 aliphatic heterocycles. The van der Waals surface area contributed by atoms with E-state index in [-0.39, 0.29) is 5.91 Å². The summed E-state index contributed by atoms with van der Waals surface area (Å²) in [6, 6.07) is 14.7. The Morgan fingerprint density at radius 2 is 1.65 bits per heavy atom. The van der Waals surface area contributed by atoms with E-state index in [1.54, 1.807) is 30.3 Å². The van der Waals surface area contributed by atoms with Gasteiger partial charge in [-0.15, -0.1) is 0 Å². The normalized spacial score (nSPS) is 11.1. The Kier molecular flexibility index (Phi) is 5.50. The van der Waals surface area contributed by atoms with Crippen molar-refractivity contribution in [1.29, 1.82) is 0 Å². The van der Waals surface area contributed by atoms with Gasteiger partial charge in [0.2, 0.25) is 5.91 Å². The molecule has 0 saturated heterocycles. The van der Waals surface area contributed by atoms with Gasteiger partial charge in [-0.1, -0.05) is 41.4 Å². The summed E-state index contributed by atoms with van der Waals surface area (Å²) in [4.78, 5) is 12.2. The Morgan fingerprint density at radius 1 is 1.00 bits per heavy atom. The van der Waals surface area contributed by atoms with Crippen molar-refractivity contribution in [3.8, 4) is 11.3 Å². The molecule has 0 bridgehead atoms. The highest BCUT2D eigenvalue weighted by atomic mass is 35.5. The highest BCUT2D eigenvalue weighted by Gasteiger charge is 2.07. The number of carbonyl (C=O) groups is 1. The average molecular weight is 386 g/mol. The Hall–Kier alpha value is -2.49. The Balaban J connectivity index is 1.73. The van der Waals surface area contributed by atoms with Crippen molar-refractivity contribution in [3.05, 3.63) is 81.5 Å². The molecule has 0 fully saturated rings. The van der Waals surface area contributed by atoms with E-state index in [9.17, 15) is 4.79 Å². The quantitative estimate of drug-likeness (QED) is 0.519. The largest absolute Gasteiger partial charge is 0.457 e. The van der Waals surface area contributed by atoms with Crippen LogP contribution in [-0.2, 0) is 4.79 Å². The predicted molar refractivity (Wildman–Crippen MR) is 108 cm³/mol. The molecule has 3 aromatic rings. The van der Waals surface area contributed by atoms with Crippen LogP contribution in [0.5, 0.6) is 0 Å². The number of carbonyl (C=O) groups excluding carboxylic acids is 1. The smallest absolute Gasteiger partial charge is 0.248 e. The second-order valence-electron chi connectivity index (χ2n) is 5.95. The maximum atomic E-state index is 12.2. The second kappa shape index (κ2) is 7.81. The van der Waals surface area contributed by atoms with Gasteiger partial charge in [0.1, 0.15) is 11.5 Å². The van der Waals surface area contributed by atoms with E-state index >= 15 is 0 Å². The minimum absolute atomic E-state index is 0.217. The van der Waals surface area contributed by atoms with Crippen LogP contribution in [0.2, 0.25) is 10.0 Å². The number of furan rings is 1. The van der Waals surface area contributed by atoms with Crippen LogP contribution in [0.3, 0.4) is 0 Å². The minimum atomic E-state index is -0.217. The standard InChI is InChI=1S/C21H17Cl2NO2/c1-13-4-3-5-14(2)21(13)24-20(25)9-7-18-6-8-19(26-18)15-10-16(22)12-17(23)11-15/h3-12H,1-2H3,(H,24,25)/b9-7+. The number of anilines is 1. The lowest BCUT2D eigenvalue weighted by Crippen LogP contribution is -2.10. The van der Waals surface area contributed by atoms with Crippen molar-refractivity contribution in [1.82, 2.24) is 0 Å². The molecule has 0 saturated carbocycles.